The summed E-state index contributed by atoms with van der Waals surface area (Å²) in [4.78, 5) is 14.0. The maximum absolute atomic E-state index is 12.2. The van der Waals surface area contributed by atoms with Crippen LogP contribution in [0.1, 0.15) is 31.9 Å². The van der Waals surface area contributed by atoms with Crippen LogP contribution in [0.15, 0.2) is 18.2 Å². The molecule has 1 fully saturated rings. The molecule has 1 amide bonds. The van der Waals surface area contributed by atoms with Crippen molar-refractivity contribution in [3.05, 3.63) is 28.8 Å². The van der Waals surface area contributed by atoms with Gasteiger partial charge in [0, 0.05) is 29.6 Å². The normalized spacial score (nSPS) is 22.7. The van der Waals surface area contributed by atoms with E-state index in [0.29, 0.717) is 23.9 Å². The Morgan fingerprint density at radius 3 is 2.80 bits per heavy atom. The molecule has 110 valence electrons. The summed E-state index contributed by atoms with van der Waals surface area (Å²) in [5.74, 6) is 1.20. The Balaban J connectivity index is 2.42. The Bertz CT molecular complexity index is 505. The van der Waals surface area contributed by atoms with Crippen molar-refractivity contribution < 1.29 is 9.53 Å². The van der Waals surface area contributed by atoms with Crippen LogP contribution in [-0.2, 0) is 4.79 Å². The molecule has 5 heteroatoms. The van der Waals surface area contributed by atoms with Crippen LogP contribution < -0.4 is 10.5 Å². The molecule has 2 unspecified atom stereocenters. The summed E-state index contributed by atoms with van der Waals surface area (Å²) in [7, 11) is 1.61. The Morgan fingerprint density at radius 1 is 1.50 bits per heavy atom. The summed E-state index contributed by atoms with van der Waals surface area (Å²) < 4.78 is 5.40. The van der Waals surface area contributed by atoms with E-state index in [2.05, 4.69) is 13.8 Å². The molecule has 20 heavy (non-hydrogen) atoms. The number of carbonyl (C=O) groups excluding carboxylic acids is 1. The zero-order valence-corrected chi connectivity index (χ0v) is 12.9. The van der Waals surface area contributed by atoms with Crippen LogP contribution >= 0.6 is 11.6 Å². The van der Waals surface area contributed by atoms with Crippen molar-refractivity contribution >= 4 is 17.5 Å². The molecular weight excluding hydrogens is 276 g/mol. The van der Waals surface area contributed by atoms with Crippen LogP contribution in [0, 0.1) is 5.92 Å². The maximum Gasteiger partial charge on any atom is 0.224 e. The molecule has 0 saturated carbocycles. The summed E-state index contributed by atoms with van der Waals surface area (Å²) >= 11 is 6.09. The van der Waals surface area contributed by atoms with Crippen molar-refractivity contribution in [3.8, 4) is 5.75 Å². The highest BCUT2D eigenvalue weighted by atomic mass is 35.5. The van der Waals surface area contributed by atoms with Gasteiger partial charge in [0.25, 0.3) is 0 Å². The van der Waals surface area contributed by atoms with E-state index >= 15 is 0 Å². The van der Waals surface area contributed by atoms with Crippen LogP contribution in [0.4, 0.5) is 0 Å². The van der Waals surface area contributed by atoms with Gasteiger partial charge in [0.15, 0.2) is 0 Å². The van der Waals surface area contributed by atoms with Crippen molar-refractivity contribution in [1.82, 2.24) is 4.90 Å². The van der Waals surface area contributed by atoms with E-state index in [4.69, 9.17) is 22.1 Å². The number of halogens is 1. The molecule has 2 N–H and O–H groups in total. The summed E-state index contributed by atoms with van der Waals surface area (Å²) in [6, 6.07) is 5.04. The lowest BCUT2D eigenvalue weighted by atomic mass is 9.99. The minimum atomic E-state index is -0.228. The predicted octanol–water partition coefficient (Wildman–Crippen LogP) is 2.61. The monoisotopic (exact) mass is 296 g/mol. The van der Waals surface area contributed by atoms with E-state index < -0.39 is 0 Å². The fraction of sp³-hybridized carbons (Fsp3) is 0.533. The SMILES string of the molecule is COc1ccc(Cl)cc1C1C(N)CC(=O)N1CC(C)C. The van der Waals surface area contributed by atoms with Gasteiger partial charge in [-0.2, -0.15) is 0 Å². The number of hydrogen-bond acceptors (Lipinski definition) is 3. The van der Waals surface area contributed by atoms with Crippen LogP contribution in [0.5, 0.6) is 5.75 Å². The molecule has 1 aromatic carbocycles. The fourth-order valence-electron chi connectivity index (χ4n) is 2.76. The van der Waals surface area contributed by atoms with Crippen LogP contribution in [0.2, 0.25) is 5.02 Å². The number of hydrogen-bond donors (Lipinski definition) is 1. The molecule has 1 aromatic rings. The summed E-state index contributed by atoms with van der Waals surface area (Å²) in [5.41, 5.74) is 7.07. The smallest absolute Gasteiger partial charge is 0.224 e. The third-order valence-electron chi connectivity index (χ3n) is 3.54. The van der Waals surface area contributed by atoms with E-state index in [1.165, 1.54) is 0 Å². The average molecular weight is 297 g/mol. The highest BCUT2D eigenvalue weighted by molar-refractivity contribution is 6.30. The molecule has 1 saturated heterocycles. The van der Waals surface area contributed by atoms with Gasteiger partial charge in [0.1, 0.15) is 5.75 Å². The molecule has 2 rings (SSSR count). The molecule has 0 spiro atoms. The zero-order chi connectivity index (χ0) is 14.9. The van der Waals surface area contributed by atoms with Crippen molar-refractivity contribution in [2.45, 2.75) is 32.4 Å². The molecule has 0 aromatic heterocycles. The standard InChI is InChI=1S/C15H21ClN2O2/c1-9(2)8-18-14(19)7-12(17)15(18)11-6-10(16)4-5-13(11)20-3/h4-6,9,12,15H,7-8,17H2,1-3H3. The van der Waals surface area contributed by atoms with Gasteiger partial charge in [0.2, 0.25) is 5.91 Å². The third kappa shape index (κ3) is 2.91. The number of likely N-dealkylation sites (tertiary alicyclic amines) is 1. The summed E-state index contributed by atoms with van der Waals surface area (Å²) in [6.45, 7) is 4.86. The predicted molar refractivity (Wildman–Crippen MR) is 79.9 cm³/mol. The highest BCUT2D eigenvalue weighted by Crippen LogP contribution is 2.38. The van der Waals surface area contributed by atoms with Gasteiger partial charge in [0.05, 0.1) is 13.2 Å². The fourth-order valence-corrected chi connectivity index (χ4v) is 2.94. The highest BCUT2D eigenvalue weighted by Gasteiger charge is 2.40. The summed E-state index contributed by atoms with van der Waals surface area (Å²) in [5, 5.41) is 0.622. The molecular formula is C15H21ClN2O2. The Labute approximate surface area is 124 Å². The number of ether oxygens (including phenoxy) is 1. The first kappa shape index (κ1) is 15.1. The first-order valence-corrected chi connectivity index (χ1v) is 7.20. The first-order valence-electron chi connectivity index (χ1n) is 6.82. The van der Waals surface area contributed by atoms with Crippen LogP contribution in [-0.4, -0.2) is 30.5 Å². The molecule has 1 aliphatic heterocycles. The first-order chi connectivity index (χ1) is 9.43. The quantitative estimate of drug-likeness (QED) is 0.929. The number of nitrogens with two attached hydrogens (primary N) is 1. The van der Waals surface area contributed by atoms with Crippen LogP contribution in [0.3, 0.4) is 0 Å². The van der Waals surface area contributed by atoms with Crippen molar-refractivity contribution in [2.75, 3.05) is 13.7 Å². The largest absolute Gasteiger partial charge is 0.496 e. The van der Waals surface area contributed by atoms with Gasteiger partial charge in [-0.05, 0) is 24.1 Å². The minimum absolute atomic E-state index is 0.0956. The number of nitrogens with zero attached hydrogens (tertiary/aromatic N) is 1. The second-order valence-corrected chi connectivity index (χ2v) is 6.08. The van der Waals surface area contributed by atoms with E-state index in [1.54, 1.807) is 13.2 Å². The van der Waals surface area contributed by atoms with Gasteiger partial charge in [-0.25, -0.2) is 0 Å². The number of carbonyl (C=O) groups is 1. The van der Waals surface area contributed by atoms with Gasteiger partial charge >= 0.3 is 0 Å². The molecule has 0 bridgehead atoms. The Hall–Kier alpha value is -1.26. The molecule has 1 heterocycles. The molecule has 2 atom stereocenters. The average Bonchev–Trinajstić information content (AvgIpc) is 2.63. The van der Waals surface area contributed by atoms with E-state index in [0.717, 1.165) is 11.3 Å². The van der Waals surface area contributed by atoms with E-state index in [9.17, 15) is 4.79 Å². The molecule has 1 aliphatic rings. The maximum atomic E-state index is 12.2. The van der Waals surface area contributed by atoms with Crippen molar-refractivity contribution in [3.63, 3.8) is 0 Å². The Morgan fingerprint density at radius 2 is 2.20 bits per heavy atom. The molecule has 4 nitrogen and oxygen atoms in total. The Kier molecular flexibility index (Phi) is 4.55. The second kappa shape index (κ2) is 6.02. The van der Waals surface area contributed by atoms with Crippen molar-refractivity contribution in [2.24, 2.45) is 11.7 Å². The van der Waals surface area contributed by atoms with Crippen LogP contribution in [0.25, 0.3) is 0 Å². The molecule has 0 radical (unpaired) electrons. The number of amides is 1. The lowest BCUT2D eigenvalue weighted by Gasteiger charge is -2.29. The number of rotatable bonds is 4. The topological polar surface area (TPSA) is 55.6 Å². The van der Waals surface area contributed by atoms with E-state index in [1.807, 2.05) is 17.0 Å². The zero-order valence-electron chi connectivity index (χ0n) is 12.1. The minimum Gasteiger partial charge on any atom is -0.496 e. The van der Waals surface area contributed by atoms with Gasteiger partial charge < -0.3 is 15.4 Å². The van der Waals surface area contributed by atoms with Gasteiger partial charge in [-0.15, -0.1) is 0 Å². The van der Waals surface area contributed by atoms with Crippen molar-refractivity contribution in [1.29, 1.82) is 0 Å². The lowest BCUT2D eigenvalue weighted by molar-refractivity contribution is -0.129. The van der Waals surface area contributed by atoms with E-state index in [-0.39, 0.29) is 18.0 Å². The summed E-state index contributed by atoms with van der Waals surface area (Å²) in [6.07, 6.45) is 0.368. The third-order valence-corrected chi connectivity index (χ3v) is 3.78. The number of methoxy groups -OCH3 is 1. The second-order valence-electron chi connectivity index (χ2n) is 5.64. The van der Waals surface area contributed by atoms with Gasteiger partial charge in [-0.1, -0.05) is 25.4 Å². The van der Waals surface area contributed by atoms with Gasteiger partial charge in [-0.3, -0.25) is 4.79 Å². The lowest BCUT2D eigenvalue weighted by Crippen LogP contribution is -2.35. The molecule has 0 aliphatic carbocycles. The number of benzene rings is 1.